The molecule has 6 nitrogen and oxygen atoms in total. The fraction of sp³-hybridized carbons (Fsp3) is 0.364. The molecule has 2 aromatic rings. The number of nitrogens with zero attached hydrogens (tertiary/aromatic N) is 3. The second-order valence-corrected chi connectivity index (χ2v) is 7.16. The van der Waals surface area contributed by atoms with Crippen LogP contribution >= 0.6 is 0 Å². The van der Waals surface area contributed by atoms with Gasteiger partial charge in [-0.25, -0.2) is 0 Å². The molecule has 2 aromatic carbocycles. The van der Waals surface area contributed by atoms with Crippen molar-refractivity contribution < 1.29 is 4.79 Å². The third-order valence-electron chi connectivity index (χ3n) is 4.92. The minimum atomic E-state index is 0.217. The van der Waals surface area contributed by atoms with Crippen molar-refractivity contribution in [2.45, 2.75) is 25.9 Å². The molecule has 1 aliphatic rings. The number of carbonyl (C=O) groups excluding carboxylic acids is 1. The van der Waals surface area contributed by atoms with Gasteiger partial charge in [0.15, 0.2) is 5.96 Å². The highest BCUT2D eigenvalue weighted by Crippen LogP contribution is 2.21. The zero-order valence-electron chi connectivity index (χ0n) is 16.9. The lowest BCUT2D eigenvalue weighted by molar-refractivity contribution is -0.117. The van der Waals surface area contributed by atoms with Crippen molar-refractivity contribution in [2.24, 2.45) is 4.99 Å². The summed E-state index contributed by atoms with van der Waals surface area (Å²) in [6, 6.07) is 16.6. The van der Waals surface area contributed by atoms with Crippen LogP contribution in [-0.2, 0) is 17.9 Å². The molecule has 0 bridgehead atoms. The van der Waals surface area contributed by atoms with Gasteiger partial charge in [-0.3, -0.25) is 9.79 Å². The van der Waals surface area contributed by atoms with Crippen LogP contribution in [0.25, 0.3) is 0 Å². The van der Waals surface area contributed by atoms with Crippen LogP contribution in [0.15, 0.2) is 53.5 Å². The molecule has 0 unspecified atom stereocenters. The summed E-state index contributed by atoms with van der Waals surface area (Å²) < 4.78 is 0. The van der Waals surface area contributed by atoms with E-state index >= 15 is 0 Å². The van der Waals surface area contributed by atoms with Crippen LogP contribution < -0.4 is 20.4 Å². The highest BCUT2D eigenvalue weighted by molar-refractivity contribution is 5.95. The van der Waals surface area contributed by atoms with Crippen molar-refractivity contribution in [2.75, 3.05) is 37.5 Å². The van der Waals surface area contributed by atoms with Crippen molar-refractivity contribution in [1.82, 2.24) is 10.6 Å². The molecule has 1 amide bonds. The number of anilines is 2. The zero-order valence-corrected chi connectivity index (χ0v) is 16.9. The van der Waals surface area contributed by atoms with Crippen molar-refractivity contribution in [3.63, 3.8) is 0 Å². The fourth-order valence-electron chi connectivity index (χ4n) is 3.22. The molecule has 0 radical (unpaired) electrons. The van der Waals surface area contributed by atoms with Gasteiger partial charge >= 0.3 is 0 Å². The smallest absolute Gasteiger partial charge is 0.227 e. The van der Waals surface area contributed by atoms with Gasteiger partial charge in [0.25, 0.3) is 0 Å². The van der Waals surface area contributed by atoms with Crippen LogP contribution in [-0.4, -0.2) is 39.6 Å². The van der Waals surface area contributed by atoms with Gasteiger partial charge in [-0.05, 0) is 41.8 Å². The summed E-state index contributed by atoms with van der Waals surface area (Å²) >= 11 is 0. The molecule has 0 aromatic heterocycles. The molecule has 0 saturated carbocycles. The SMILES string of the molecule is CN=C(NCc1ccc(N(C)C)cc1)NCc1ccc(N2CCCC2=O)cc1. The van der Waals surface area contributed by atoms with E-state index in [1.54, 1.807) is 7.05 Å². The van der Waals surface area contributed by atoms with Crippen LogP contribution in [0.2, 0.25) is 0 Å². The van der Waals surface area contributed by atoms with E-state index in [0.29, 0.717) is 19.5 Å². The Labute approximate surface area is 167 Å². The first-order valence-electron chi connectivity index (χ1n) is 9.67. The predicted octanol–water partition coefficient (Wildman–Crippen LogP) is 2.74. The molecule has 2 N–H and O–H groups in total. The van der Waals surface area contributed by atoms with E-state index in [2.05, 4.69) is 56.9 Å². The van der Waals surface area contributed by atoms with E-state index in [1.807, 2.05) is 31.1 Å². The summed E-state index contributed by atoms with van der Waals surface area (Å²) in [5.74, 6) is 0.976. The molecule has 3 rings (SSSR count). The van der Waals surface area contributed by atoms with Crippen LogP contribution in [0.3, 0.4) is 0 Å². The van der Waals surface area contributed by atoms with E-state index in [-0.39, 0.29) is 5.91 Å². The Kier molecular flexibility index (Phi) is 6.53. The maximum atomic E-state index is 11.8. The maximum absolute atomic E-state index is 11.8. The third kappa shape index (κ3) is 5.03. The number of aliphatic imine (C=N–C) groups is 1. The second kappa shape index (κ2) is 9.26. The van der Waals surface area contributed by atoms with Crippen molar-refractivity contribution in [3.8, 4) is 0 Å². The molecule has 148 valence electrons. The fourth-order valence-corrected chi connectivity index (χ4v) is 3.22. The third-order valence-corrected chi connectivity index (χ3v) is 4.92. The number of carbonyl (C=O) groups is 1. The molecule has 1 fully saturated rings. The molecule has 1 aliphatic heterocycles. The standard InChI is InChI=1S/C22H29N5O/c1-23-22(24-15-17-6-10-19(11-7-17)26(2)3)25-16-18-8-12-20(13-9-18)27-14-4-5-21(27)28/h6-13H,4-5,14-16H2,1-3H3,(H2,23,24,25). The quantitative estimate of drug-likeness (QED) is 0.599. The average molecular weight is 380 g/mol. The minimum Gasteiger partial charge on any atom is -0.378 e. The molecule has 0 spiro atoms. The Bertz CT molecular complexity index is 812. The first-order valence-corrected chi connectivity index (χ1v) is 9.67. The number of nitrogens with one attached hydrogen (secondary N) is 2. The van der Waals surface area contributed by atoms with Crippen molar-refractivity contribution in [3.05, 3.63) is 59.7 Å². The summed E-state index contributed by atoms with van der Waals surface area (Å²) in [5.41, 5.74) is 4.52. The van der Waals surface area contributed by atoms with Crippen molar-refractivity contribution in [1.29, 1.82) is 0 Å². The Morgan fingerprint density at radius 2 is 1.57 bits per heavy atom. The number of guanidine groups is 1. The van der Waals surface area contributed by atoms with Gasteiger partial charge in [0, 0.05) is 58.6 Å². The summed E-state index contributed by atoms with van der Waals surface area (Å²) in [6.07, 6.45) is 1.60. The largest absolute Gasteiger partial charge is 0.378 e. The van der Waals surface area contributed by atoms with E-state index < -0.39 is 0 Å². The van der Waals surface area contributed by atoms with Gasteiger partial charge in [0.1, 0.15) is 0 Å². The topological polar surface area (TPSA) is 60.0 Å². The van der Waals surface area contributed by atoms with Crippen LogP contribution in [0.5, 0.6) is 0 Å². The molecule has 0 atom stereocenters. The highest BCUT2D eigenvalue weighted by Gasteiger charge is 2.21. The van der Waals surface area contributed by atoms with Crippen LogP contribution in [0, 0.1) is 0 Å². The lowest BCUT2D eigenvalue weighted by atomic mass is 10.2. The molecule has 6 heteroatoms. The molecular formula is C22H29N5O. The molecule has 0 aliphatic carbocycles. The van der Waals surface area contributed by atoms with Crippen molar-refractivity contribution >= 4 is 23.2 Å². The minimum absolute atomic E-state index is 0.217. The first-order chi connectivity index (χ1) is 13.6. The monoisotopic (exact) mass is 379 g/mol. The number of benzene rings is 2. The van der Waals surface area contributed by atoms with Gasteiger partial charge in [0.05, 0.1) is 0 Å². The van der Waals surface area contributed by atoms with Gasteiger partial charge in [0.2, 0.25) is 5.91 Å². The molecular weight excluding hydrogens is 350 g/mol. The van der Waals surface area contributed by atoms with Crippen LogP contribution in [0.4, 0.5) is 11.4 Å². The van der Waals surface area contributed by atoms with E-state index in [1.165, 1.54) is 11.3 Å². The number of amides is 1. The normalized spacial score (nSPS) is 14.3. The van der Waals surface area contributed by atoms with E-state index in [9.17, 15) is 4.79 Å². The lowest BCUT2D eigenvalue weighted by Gasteiger charge is -2.16. The van der Waals surface area contributed by atoms with Gasteiger partial charge in [-0.2, -0.15) is 0 Å². The second-order valence-electron chi connectivity index (χ2n) is 7.16. The number of hydrogen-bond acceptors (Lipinski definition) is 3. The molecule has 1 saturated heterocycles. The predicted molar refractivity (Wildman–Crippen MR) is 116 cm³/mol. The summed E-state index contributed by atoms with van der Waals surface area (Å²) in [4.78, 5) is 20.1. The lowest BCUT2D eigenvalue weighted by Crippen LogP contribution is -2.36. The van der Waals surface area contributed by atoms with Gasteiger partial charge in [-0.15, -0.1) is 0 Å². The van der Waals surface area contributed by atoms with E-state index in [4.69, 9.17) is 0 Å². The Balaban J connectivity index is 1.49. The maximum Gasteiger partial charge on any atom is 0.227 e. The summed E-state index contributed by atoms with van der Waals surface area (Å²) in [5, 5.41) is 6.67. The Morgan fingerprint density at radius 3 is 2.04 bits per heavy atom. The highest BCUT2D eigenvalue weighted by atomic mass is 16.2. The Hall–Kier alpha value is -3.02. The molecule has 1 heterocycles. The van der Waals surface area contributed by atoms with Crippen LogP contribution in [0.1, 0.15) is 24.0 Å². The number of hydrogen-bond donors (Lipinski definition) is 2. The summed E-state index contributed by atoms with van der Waals surface area (Å²) in [6.45, 7) is 2.21. The molecule has 28 heavy (non-hydrogen) atoms. The zero-order chi connectivity index (χ0) is 19.9. The van der Waals surface area contributed by atoms with Gasteiger partial charge in [-0.1, -0.05) is 24.3 Å². The van der Waals surface area contributed by atoms with E-state index in [0.717, 1.165) is 30.2 Å². The summed E-state index contributed by atoms with van der Waals surface area (Å²) in [7, 11) is 5.84. The Morgan fingerprint density at radius 1 is 1.00 bits per heavy atom. The van der Waals surface area contributed by atoms with Gasteiger partial charge < -0.3 is 20.4 Å². The number of rotatable bonds is 6. The average Bonchev–Trinajstić information content (AvgIpc) is 3.15. The first kappa shape index (κ1) is 19.7.